The van der Waals surface area contributed by atoms with Gasteiger partial charge in [0.2, 0.25) is 0 Å². The maximum absolute atomic E-state index is 3.92. The average molecular weight is 562 g/mol. The van der Waals surface area contributed by atoms with E-state index in [1.807, 2.05) is 0 Å². The van der Waals surface area contributed by atoms with E-state index in [0.29, 0.717) is 44.4 Å². The van der Waals surface area contributed by atoms with E-state index >= 15 is 0 Å². The minimum absolute atomic E-state index is 0.426. The Balaban J connectivity index is 1.03. The smallest absolute Gasteiger partial charge is 0.0243 e. The van der Waals surface area contributed by atoms with Crippen LogP contribution in [0, 0.1) is 33.5 Å². The zero-order valence-corrected chi connectivity index (χ0v) is 27.0. The van der Waals surface area contributed by atoms with Crippen LogP contribution in [0.1, 0.15) is 146 Å². The summed E-state index contributed by atoms with van der Waals surface area (Å²) in [4.78, 5) is 0. The van der Waals surface area contributed by atoms with E-state index in [9.17, 15) is 0 Å². The van der Waals surface area contributed by atoms with Gasteiger partial charge in [-0.3, -0.25) is 0 Å². The molecule has 0 aromatic heterocycles. The maximum Gasteiger partial charge on any atom is 0.0243 e. The van der Waals surface area contributed by atoms with Crippen molar-refractivity contribution in [2.45, 2.75) is 140 Å². The molecule has 8 aliphatic carbocycles. The largest absolute Gasteiger partial charge is 0.313 e. The summed E-state index contributed by atoms with van der Waals surface area (Å²) >= 11 is 0. The molecule has 224 valence electrons. The van der Waals surface area contributed by atoms with Gasteiger partial charge >= 0.3 is 0 Å². The lowest BCUT2D eigenvalue weighted by atomic mass is 9.39. The standard InChI is InChI=1S/C41H55N/c1-36-16-28-17-37(2,22-36)25-40(20-28,24-36)32-11-7-30(8-12-32)35(34-6-5-15-42-34)31-9-13-33(14-10-31)41-21-29-18-38(3,26-41)23-39(4,19-29)27-41/h7-14,28-29,34-35,42H,5-6,15-27H2,1-4H3/t28?,29?,34-,35?,36?,37?,38?,39?,40?,41?/m0/s1. The van der Waals surface area contributed by atoms with Gasteiger partial charge in [0, 0.05) is 12.0 Å². The number of rotatable bonds is 5. The molecule has 1 N–H and O–H groups in total. The van der Waals surface area contributed by atoms with Crippen molar-refractivity contribution >= 4 is 0 Å². The highest BCUT2D eigenvalue weighted by atomic mass is 14.9. The maximum atomic E-state index is 3.92. The third kappa shape index (κ3) is 4.03. The van der Waals surface area contributed by atoms with E-state index in [2.05, 4.69) is 81.5 Å². The molecule has 1 heterocycles. The molecule has 0 radical (unpaired) electrons. The second kappa shape index (κ2) is 8.56. The van der Waals surface area contributed by atoms with Gasteiger partial charge in [-0.15, -0.1) is 0 Å². The first-order chi connectivity index (χ1) is 20.0. The monoisotopic (exact) mass is 561 g/mol. The number of nitrogens with one attached hydrogen (secondary N) is 1. The van der Waals surface area contributed by atoms with E-state index in [4.69, 9.17) is 0 Å². The van der Waals surface area contributed by atoms with Crippen molar-refractivity contribution in [3.8, 4) is 0 Å². The molecular weight excluding hydrogens is 506 g/mol. The van der Waals surface area contributed by atoms with Crippen LogP contribution < -0.4 is 5.32 Å². The summed E-state index contributed by atoms with van der Waals surface area (Å²) in [6.45, 7) is 11.6. The molecule has 42 heavy (non-hydrogen) atoms. The molecule has 4 unspecified atom stereocenters. The zero-order chi connectivity index (χ0) is 28.6. The molecule has 1 nitrogen and oxygen atoms in total. The lowest BCUT2D eigenvalue weighted by Gasteiger charge is -2.65. The van der Waals surface area contributed by atoms with Gasteiger partial charge in [0.05, 0.1) is 0 Å². The van der Waals surface area contributed by atoms with Crippen LogP contribution in [0.4, 0.5) is 0 Å². The Morgan fingerprint density at radius 1 is 0.548 bits per heavy atom. The minimum Gasteiger partial charge on any atom is -0.313 e. The van der Waals surface area contributed by atoms with Gasteiger partial charge in [-0.05, 0) is 163 Å². The predicted octanol–water partition coefficient (Wildman–Crippen LogP) is 10.1. The zero-order valence-electron chi connectivity index (χ0n) is 27.0. The summed E-state index contributed by atoms with van der Waals surface area (Å²) < 4.78 is 0. The number of hydrogen-bond donors (Lipinski definition) is 1. The van der Waals surface area contributed by atoms with E-state index in [1.54, 1.807) is 11.1 Å². The van der Waals surface area contributed by atoms with Crippen molar-refractivity contribution in [3.63, 3.8) is 0 Å². The van der Waals surface area contributed by atoms with Crippen molar-refractivity contribution in [2.24, 2.45) is 33.5 Å². The molecule has 1 heteroatoms. The van der Waals surface area contributed by atoms with Crippen LogP contribution in [0.15, 0.2) is 48.5 Å². The summed E-state index contributed by atoms with van der Waals surface area (Å²) in [6, 6.07) is 21.1. The van der Waals surface area contributed by atoms with Crippen LogP contribution in [0.25, 0.3) is 0 Å². The summed E-state index contributed by atoms with van der Waals surface area (Å²) in [7, 11) is 0. The van der Waals surface area contributed by atoms with Crippen molar-refractivity contribution < 1.29 is 0 Å². The quantitative estimate of drug-likeness (QED) is 0.383. The molecule has 8 bridgehead atoms. The van der Waals surface area contributed by atoms with Gasteiger partial charge in [-0.25, -0.2) is 0 Å². The fourth-order valence-corrected chi connectivity index (χ4v) is 15.3. The molecule has 9 aliphatic rings. The lowest BCUT2D eigenvalue weighted by Crippen LogP contribution is -2.56. The summed E-state index contributed by atoms with van der Waals surface area (Å²) in [5.41, 5.74) is 9.49. The number of benzene rings is 2. The Labute approximate surface area is 256 Å². The van der Waals surface area contributed by atoms with Crippen LogP contribution in [0.3, 0.4) is 0 Å². The topological polar surface area (TPSA) is 12.0 Å². The van der Waals surface area contributed by atoms with Gasteiger partial charge in [-0.1, -0.05) is 76.2 Å². The molecule has 2 aromatic rings. The number of hydrogen-bond acceptors (Lipinski definition) is 1. The van der Waals surface area contributed by atoms with E-state index in [0.717, 1.165) is 11.8 Å². The fraction of sp³-hybridized carbons (Fsp3) is 0.707. The third-order valence-corrected chi connectivity index (χ3v) is 14.5. The van der Waals surface area contributed by atoms with Crippen molar-refractivity contribution in [2.75, 3.05) is 6.54 Å². The second-order valence-electron chi connectivity index (χ2n) is 19.2. The molecule has 5 atom stereocenters. The fourth-order valence-electron chi connectivity index (χ4n) is 15.3. The molecule has 11 rings (SSSR count). The average Bonchev–Trinajstić information content (AvgIpc) is 3.40. The summed E-state index contributed by atoms with van der Waals surface area (Å²) in [6.07, 6.45) is 20.0. The van der Waals surface area contributed by atoms with E-state index in [-0.39, 0.29) is 0 Å². The molecule has 2 aromatic carbocycles. The van der Waals surface area contributed by atoms with Crippen molar-refractivity contribution in [1.82, 2.24) is 5.32 Å². The Morgan fingerprint density at radius 3 is 1.29 bits per heavy atom. The van der Waals surface area contributed by atoms with E-state index < -0.39 is 0 Å². The molecule has 0 spiro atoms. The highest BCUT2D eigenvalue weighted by Crippen LogP contribution is 2.71. The first-order valence-electron chi connectivity index (χ1n) is 17.9. The van der Waals surface area contributed by atoms with Gasteiger partial charge in [0.1, 0.15) is 0 Å². The van der Waals surface area contributed by atoms with Crippen LogP contribution >= 0.6 is 0 Å². The Morgan fingerprint density at radius 2 is 0.952 bits per heavy atom. The predicted molar refractivity (Wildman–Crippen MR) is 174 cm³/mol. The first kappa shape index (κ1) is 26.8. The molecule has 9 fully saturated rings. The normalized spacial score (nSPS) is 49.1. The highest BCUT2D eigenvalue weighted by Gasteiger charge is 2.61. The van der Waals surface area contributed by atoms with Crippen molar-refractivity contribution in [1.29, 1.82) is 0 Å². The molecule has 1 saturated heterocycles. The lowest BCUT2D eigenvalue weighted by molar-refractivity contribution is -0.110. The summed E-state index contributed by atoms with van der Waals surface area (Å²) in [5, 5.41) is 3.92. The van der Waals surface area contributed by atoms with Crippen LogP contribution in [-0.4, -0.2) is 12.6 Å². The van der Waals surface area contributed by atoms with E-state index in [1.165, 1.54) is 108 Å². The molecule has 0 amide bonds. The van der Waals surface area contributed by atoms with Gasteiger partial charge < -0.3 is 5.32 Å². The molecule has 1 aliphatic heterocycles. The Bertz CT molecular complexity index is 1240. The third-order valence-electron chi connectivity index (χ3n) is 14.5. The SMILES string of the molecule is CC12CC3CC(C)(C1)CC(c1ccc(C(c4ccc(C56CC7CC(C)(CC(C)(C7)C5)C6)cc4)[C@@H]4CCCN4)cc1)(C3)C2. The first-order valence-corrected chi connectivity index (χ1v) is 17.9. The Hall–Kier alpha value is -1.60. The van der Waals surface area contributed by atoms with Crippen LogP contribution in [0.2, 0.25) is 0 Å². The molecular formula is C41H55N. The second-order valence-corrected chi connectivity index (χ2v) is 19.2. The summed E-state index contributed by atoms with van der Waals surface area (Å²) in [5.74, 6) is 2.35. The van der Waals surface area contributed by atoms with Crippen molar-refractivity contribution in [3.05, 3.63) is 70.8 Å². The van der Waals surface area contributed by atoms with Gasteiger partial charge in [0.25, 0.3) is 0 Å². The van der Waals surface area contributed by atoms with Gasteiger partial charge in [-0.2, -0.15) is 0 Å². The van der Waals surface area contributed by atoms with Gasteiger partial charge in [0.15, 0.2) is 0 Å². The minimum atomic E-state index is 0.426. The van der Waals surface area contributed by atoms with Crippen LogP contribution in [-0.2, 0) is 10.8 Å². The van der Waals surface area contributed by atoms with Crippen LogP contribution in [0.5, 0.6) is 0 Å². The molecule has 8 saturated carbocycles. The highest BCUT2D eigenvalue weighted by molar-refractivity contribution is 5.42. The Kier molecular flexibility index (Phi) is 5.45.